The van der Waals surface area contributed by atoms with Crippen LogP contribution in [0.4, 0.5) is 19.9 Å². The summed E-state index contributed by atoms with van der Waals surface area (Å²) in [5.41, 5.74) is 0.563. The number of nitrogens with one attached hydrogen (secondary N) is 1. The minimum Gasteiger partial charge on any atom is -0.297 e. The number of hydrogen-bond donors (Lipinski definition) is 1. The molecule has 1 aromatic carbocycles. The quantitative estimate of drug-likeness (QED) is 0.573. The zero-order valence-electron chi connectivity index (χ0n) is 13.9. The van der Waals surface area contributed by atoms with Crippen molar-refractivity contribution >= 4 is 22.6 Å². The molecule has 0 saturated carbocycles. The third-order valence-electron chi connectivity index (χ3n) is 3.59. The number of aromatic nitrogens is 6. The van der Waals surface area contributed by atoms with Crippen molar-refractivity contribution < 1.29 is 8.78 Å². The molecule has 0 spiro atoms. The minimum atomic E-state index is -0.605. The molecule has 10 heteroatoms. The highest BCUT2D eigenvalue weighted by atomic mass is 32.1. The van der Waals surface area contributed by atoms with Gasteiger partial charge in [-0.15, -0.1) is 10.2 Å². The number of halogens is 2. The highest BCUT2D eigenvalue weighted by Gasteiger charge is 2.19. The predicted octanol–water partition coefficient (Wildman–Crippen LogP) is 3.78. The fourth-order valence-electron chi connectivity index (χ4n) is 2.41. The summed E-state index contributed by atoms with van der Waals surface area (Å²) < 4.78 is 32.7. The van der Waals surface area contributed by atoms with E-state index in [0.29, 0.717) is 11.0 Å². The van der Waals surface area contributed by atoms with E-state index in [1.807, 2.05) is 0 Å². The third-order valence-corrected chi connectivity index (χ3v) is 4.31. The van der Waals surface area contributed by atoms with Crippen molar-refractivity contribution in [3.8, 4) is 22.5 Å². The van der Waals surface area contributed by atoms with Gasteiger partial charge in [-0.1, -0.05) is 12.1 Å². The fraction of sp³-hybridized carbons (Fsp3) is 0.0588. The van der Waals surface area contributed by atoms with E-state index in [2.05, 4.69) is 34.8 Å². The number of nitrogens with zero attached hydrogens (tertiary/aromatic N) is 6. The average molecular weight is 383 g/mol. The van der Waals surface area contributed by atoms with Gasteiger partial charge in [0.1, 0.15) is 23.0 Å². The zero-order valence-corrected chi connectivity index (χ0v) is 14.7. The van der Waals surface area contributed by atoms with Crippen LogP contribution in [-0.2, 0) is 0 Å². The van der Waals surface area contributed by atoms with Gasteiger partial charge >= 0.3 is 0 Å². The standard InChI is InChI=1S/C17H11F2N7S/c1-9-21-17(27-26-9)23-16-22-14(10-4-2-3-5-12(10)18)15(24-25-16)11-6-7-20-8-13(11)19/h2-8H,1H3,(H,21,22,23,25,26). The lowest BCUT2D eigenvalue weighted by Gasteiger charge is -2.10. The van der Waals surface area contributed by atoms with Gasteiger partial charge in [0.2, 0.25) is 11.1 Å². The third kappa shape index (κ3) is 3.47. The Balaban J connectivity index is 1.86. The smallest absolute Gasteiger partial charge is 0.249 e. The Morgan fingerprint density at radius 2 is 1.74 bits per heavy atom. The molecule has 7 nitrogen and oxygen atoms in total. The number of rotatable bonds is 4. The Morgan fingerprint density at radius 3 is 2.48 bits per heavy atom. The molecule has 0 radical (unpaired) electrons. The first-order valence-electron chi connectivity index (χ1n) is 7.78. The molecule has 0 aliphatic rings. The van der Waals surface area contributed by atoms with Crippen molar-refractivity contribution in [1.82, 2.24) is 29.5 Å². The summed E-state index contributed by atoms with van der Waals surface area (Å²) in [5, 5.41) is 11.4. The molecule has 4 aromatic rings. The van der Waals surface area contributed by atoms with Crippen LogP contribution in [0.25, 0.3) is 22.5 Å². The second kappa shape index (κ2) is 7.08. The summed E-state index contributed by atoms with van der Waals surface area (Å²) in [7, 11) is 0. The Morgan fingerprint density at radius 1 is 0.926 bits per heavy atom. The monoisotopic (exact) mass is 383 g/mol. The molecule has 1 N–H and O–H groups in total. The van der Waals surface area contributed by atoms with E-state index in [9.17, 15) is 8.78 Å². The van der Waals surface area contributed by atoms with Gasteiger partial charge in [0.25, 0.3) is 0 Å². The van der Waals surface area contributed by atoms with E-state index in [4.69, 9.17) is 0 Å². The summed E-state index contributed by atoms with van der Waals surface area (Å²) in [5.74, 6) is -0.416. The summed E-state index contributed by atoms with van der Waals surface area (Å²) in [6, 6.07) is 7.50. The van der Waals surface area contributed by atoms with E-state index in [1.54, 1.807) is 25.1 Å². The first-order chi connectivity index (χ1) is 13.1. The predicted molar refractivity (Wildman–Crippen MR) is 96.3 cm³/mol. The molecule has 0 amide bonds. The molecule has 0 atom stereocenters. The van der Waals surface area contributed by atoms with Crippen molar-refractivity contribution in [2.45, 2.75) is 6.92 Å². The lowest BCUT2D eigenvalue weighted by molar-refractivity contribution is 0.623. The van der Waals surface area contributed by atoms with Crippen LogP contribution in [0.1, 0.15) is 5.82 Å². The molecular weight excluding hydrogens is 372 g/mol. The van der Waals surface area contributed by atoms with E-state index >= 15 is 0 Å². The molecule has 3 heterocycles. The van der Waals surface area contributed by atoms with Crippen LogP contribution in [0.2, 0.25) is 0 Å². The number of anilines is 2. The van der Waals surface area contributed by atoms with Crippen LogP contribution in [-0.4, -0.2) is 29.5 Å². The van der Waals surface area contributed by atoms with Gasteiger partial charge in [0.15, 0.2) is 5.82 Å². The molecule has 0 bridgehead atoms. The highest BCUT2D eigenvalue weighted by Crippen LogP contribution is 2.32. The van der Waals surface area contributed by atoms with Crippen molar-refractivity contribution in [2.75, 3.05) is 5.32 Å². The van der Waals surface area contributed by atoms with Crippen LogP contribution in [0.5, 0.6) is 0 Å². The normalized spacial score (nSPS) is 10.8. The van der Waals surface area contributed by atoms with Crippen LogP contribution >= 0.6 is 11.5 Å². The number of benzene rings is 1. The maximum atomic E-state index is 14.4. The van der Waals surface area contributed by atoms with E-state index in [0.717, 1.165) is 17.7 Å². The summed E-state index contributed by atoms with van der Waals surface area (Å²) in [6.45, 7) is 1.75. The van der Waals surface area contributed by atoms with Crippen LogP contribution in [0.3, 0.4) is 0 Å². The average Bonchev–Trinajstić information content (AvgIpc) is 3.07. The van der Waals surface area contributed by atoms with Gasteiger partial charge in [-0.2, -0.15) is 4.37 Å². The summed E-state index contributed by atoms with van der Waals surface area (Å²) >= 11 is 1.13. The molecule has 0 unspecified atom stereocenters. The second-order valence-electron chi connectivity index (χ2n) is 5.44. The van der Waals surface area contributed by atoms with Crippen LogP contribution in [0, 0.1) is 18.6 Å². The van der Waals surface area contributed by atoms with Crippen molar-refractivity contribution in [3.63, 3.8) is 0 Å². The molecule has 0 aliphatic carbocycles. The Labute approximate surface area is 156 Å². The number of pyridine rings is 1. The Bertz CT molecular complexity index is 1120. The van der Waals surface area contributed by atoms with Gasteiger partial charge in [0.05, 0.1) is 6.20 Å². The first-order valence-corrected chi connectivity index (χ1v) is 8.56. The number of aryl methyl sites for hydroxylation is 1. The lowest BCUT2D eigenvalue weighted by atomic mass is 10.0. The molecule has 3 aromatic heterocycles. The molecule has 0 saturated heterocycles. The van der Waals surface area contributed by atoms with Crippen molar-refractivity contribution in [3.05, 3.63) is 60.2 Å². The summed E-state index contributed by atoms with van der Waals surface area (Å²) in [6.07, 6.45) is 2.47. The highest BCUT2D eigenvalue weighted by molar-refractivity contribution is 7.09. The van der Waals surface area contributed by atoms with E-state index in [-0.39, 0.29) is 28.5 Å². The van der Waals surface area contributed by atoms with Gasteiger partial charge < -0.3 is 0 Å². The lowest BCUT2D eigenvalue weighted by Crippen LogP contribution is -2.04. The van der Waals surface area contributed by atoms with Gasteiger partial charge in [-0.25, -0.2) is 18.7 Å². The maximum Gasteiger partial charge on any atom is 0.249 e. The van der Waals surface area contributed by atoms with E-state index in [1.165, 1.54) is 18.3 Å². The van der Waals surface area contributed by atoms with Gasteiger partial charge in [-0.3, -0.25) is 10.3 Å². The van der Waals surface area contributed by atoms with Crippen LogP contribution in [0.15, 0.2) is 42.7 Å². The first kappa shape index (κ1) is 17.0. The SMILES string of the molecule is Cc1nsc(Nc2nnc(-c3ccncc3F)c(-c3ccccc3F)n2)n1. The topological polar surface area (TPSA) is 89.4 Å². The number of hydrogen-bond acceptors (Lipinski definition) is 8. The van der Waals surface area contributed by atoms with Crippen LogP contribution < -0.4 is 5.32 Å². The van der Waals surface area contributed by atoms with Gasteiger partial charge in [-0.05, 0) is 25.1 Å². The molecule has 27 heavy (non-hydrogen) atoms. The summed E-state index contributed by atoms with van der Waals surface area (Å²) in [4.78, 5) is 12.2. The molecular formula is C17H11F2N7S. The Hall–Kier alpha value is -3.40. The van der Waals surface area contributed by atoms with Gasteiger partial charge in [0, 0.05) is 28.9 Å². The molecule has 0 aliphatic heterocycles. The molecule has 0 fully saturated rings. The molecule has 4 rings (SSSR count). The fourth-order valence-corrected chi connectivity index (χ4v) is 2.98. The van der Waals surface area contributed by atoms with E-state index < -0.39 is 11.6 Å². The van der Waals surface area contributed by atoms with Crippen molar-refractivity contribution in [1.29, 1.82) is 0 Å². The second-order valence-corrected chi connectivity index (χ2v) is 6.19. The zero-order chi connectivity index (χ0) is 18.8. The Kier molecular flexibility index (Phi) is 4.47. The molecule has 134 valence electrons. The maximum absolute atomic E-state index is 14.4. The minimum absolute atomic E-state index is 0.0996. The van der Waals surface area contributed by atoms with Crippen molar-refractivity contribution in [2.24, 2.45) is 0 Å². The largest absolute Gasteiger partial charge is 0.297 e.